The molecule has 1 N–H and O–H groups in total. The van der Waals surface area contributed by atoms with Gasteiger partial charge in [0.1, 0.15) is 16.5 Å². The number of halogens is 6. The van der Waals surface area contributed by atoms with Crippen molar-refractivity contribution in [1.82, 2.24) is 9.97 Å². The van der Waals surface area contributed by atoms with Crippen LogP contribution < -0.4 is 4.72 Å². The summed E-state index contributed by atoms with van der Waals surface area (Å²) in [5.74, 6) is -0.788. The van der Waals surface area contributed by atoms with Crippen LogP contribution in [0.4, 0.5) is 18.9 Å². The van der Waals surface area contributed by atoms with E-state index in [1.54, 1.807) is 0 Å². The average molecular weight is 511 g/mol. The Morgan fingerprint density at radius 2 is 1.74 bits per heavy atom. The zero-order valence-electron chi connectivity index (χ0n) is 14.9. The summed E-state index contributed by atoms with van der Waals surface area (Å²) >= 11 is 17.2. The predicted molar refractivity (Wildman–Crippen MR) is 109 cm³/mol. The molecule has 1 aromatic carbocycles. The van der Waals surface area contributed by atoms with Gasteiger partial charge < -0.3 is 0 Å². The van der Waals surface area contributed by atoms with Gasteiger partial charge in [-0.2, -0.15) is 13.2 Å². The molecule has 0 saturated carbocycles. The number of hydrogen-bond donors (Lipinski definition) is 1. The summed E-state index contributed by atoms with van der Waals surface area (Å²) in [7, 11) is -4.58. The van der Waals surface area contributed by atoms with Crippen LogP contribution in [0.3, 0.4) is 0 Å². The van der Waals surface area contributed by atoms with Crippen molar-refractivity contribution in [2.45, 2.75) is 11.1 Å². The number of carbonyl (C=O) groups is 1. The number of anilines is 1. The van der Waals surface area contributed by atoms with E-state index in [0.29, 0.717) is 6.07 Å². The topological polar surface area (TPSA) is 89.0 Å². The first kappa shape index (κ1) is 23.3. The summed E-state index contributed by atoms with van der Waals surface area (Å²) in [6.45, 7) is 0. The lowest BCUT2D eigenvalue weighted by Crippen LogP contribution is -2.18. The Hall–Kier alpha value is -2.40. The summed E-state index contributed by atoms with van der Waals surface area (Å²) in [5.41, 5.74) is -2.20. The monoisotopic (exact) mass is 509 g/mol. The van der Waals surface area contributed by atoms with Crippen LogP contribution in [0.1, 0.15) is 21.7 Å². The molecule has 0 spiro atoms. The molecule has 0 atom stereocenters. The van der Waals surface area contributed by atoms with Gasteiger partial charge in [0.15, 0.2) is 0 Å². The lowest BCUT2D eigenvalue weighted by atomic mass is 10.1. The molecule has 3 rings (SSSR count). The average Bonchev–Trinajstić information content (AvgIpc) is 2.66. The molecule has 2 aromatic heterocycles. The number of carbonyl (C=O) groups excluding carboxylic acids is 1. The molecule has 0 amide bonds. The maximum atomic E-state index is 13.1. The molecule has 0 aliphatic carbocycles. The summed E-state index contributed by atoms with van der Waals surface area (Å²) < 4.78 is 66.8. The van der Waals surface area contributed by atoms with Crippen molar-refractivity contribution in [2.24, 2.45) is 0 Å². The lowest BCUT2D eigenvalue weighted by Gasteiger charge is -2.14. The molecule has 0 aliphatic rings. The molecular formula is C18H9Cl3F3N3O3S. The van der Waals surface area contributed by atoms with Crippen molar-refractivity contribution < 1.29 is 26.4 Å². The fourth-order valence-corrected chi connectivity index (χ4v) is 4.08. The van der Waals surface area contributed by atoms with Crippen molar-refractivity contribution in [2.75, 3.05) is 4.72 Å². The maximum absolute atomic E-state index is 13.1. The number of pyridine rings is 2. The van der Waals surface area contributed by atoms with Gasteiger partial charge in [-0.25, -0.2) is 18.4 Å². The molecule has 31 heavy (non-hydrogen) atoms. The highest BCUT2D eigenvalue weighted by atomic mass is 35.5. The summed E-state index contributed by atoms with van der Waals surface area (Å²) in [6, 6.07) is 7.37. The Kier molecular flexibility index (Phi) is 6.47. The molecule has 6 nitrogen and oxygen atoms in total. The third kappa shape index (κ3) is 5.27. The van der Waals surface area contributed by atoms with E-state index >= 15 is 0 Å². The van der Waals surface area contributed by atoms with Gasteiger partial charge in [0.25, 0.3) is 10.0 Å². The zero-order chi connectivity index (χ0) is 23.0. The molecule has 3 aromatic rings. The summed E-state index contributed by atoms with van der Waals surface area (Å²) in [5, 5.41) is -0.679. The zero-order valence-corrected chi connectivity index (χ0v) is 18.0. The Labute approximate surface area is 189 Å². The van der Waals surface area contributed by atoms with Crippen LogP contribution in [-0.4, -0.2) is 24.2 Å². The third-order valence-corrected chi connectivity index (χ3v) is 5.92. The highest BCUT2D eigenvalue weighted by molar-refractivity contribution is 7.92. The van der Waals surface area contributed by atoms with Gasteiger partial charge in [-0.05, 0) is 36.4 Å². The minimum Gasteiger partial charge on any atom is -0.285 e. The van der Waals surface area contributed by atoms with Gasteiger partial charge >= 0.3 is 6.18 Å². The van der Waals surface area contributed by atoms with Crippen molar-refractivity contribution in [3.8, 4) is 0 Å². The van der Waals surface area contributed by atoms with E-state index in [9.17, 15) is 26.4 Å². The highest BCUT2D eigenvalue weighted by Crippen LogP contribution is 2.36. The first-order chi connectivity index (χ1) is 14.4. The third-order valence-electron chi connectivity index (χ3n) is 3.81. The number of aromatic nitrogens is 2. The van der Waals surface area contributed by atoms with Crippen LogP contribution in [0.25, 0.3) is 0 Å². The number of ketones is 1. The Balaban J connectivity index is 2.05. The van der Waals surface area contributed by atoms with Gasteiger partial charge in [0, 0.05) is 6.20 Å². The fourth-order valence-electron chi connectivity index (χ4n) is 2.45. The second kappa shape index (κ2) is 8.62. The van der Waals surface area contributed by atoms with Gasteiger partial charge in [0.2, 0.25) is 5.78 Å². The molecule has 0 fully saturated rings. The smallest absolute Gasteiger partial charge is 0.285 e. The Morgan fingerprint density at radius 3 is 2.39 bits per heavy atom. The predicted octanol–water partition coefficient (Wildman–Crippen LogP) is 5.49. The van der Waals surface area contributed by atoms with Crippen LogP contribution in [0, 0.1) is 0 Å². The first-order valence-electron chi connectivity index (χ1n) is 8.11. The number of benzene rings is 1. The summed E-state index contributed by atoms with van der Waals surface area (Å²) in [4.78, 5) is 19.7. The van der Waals surface area contributed by atoms with Crippen molar-refractivity contribution in [1.29, 1.82) is 0 Å². The number of hydrogen-bond acceptors (Lipinski definition) is 5. The van der Waals surface area contributed by atoms with Gasteiger partial charge in [-0.3, -0.25) is 9.52 Å². The van der Waals surface area contributed by atoms with Gasteiger partial charge in [-0.15, -0.1) is 0 Å². The van der Waals surface area contributed by atoms with E-state index in [-0.39, 0.29) is 27.3 Å². The molecule has 13 heteroatoms. The standard InChI is InChI=1S/C18H9Cl3F3N3O3S/c19-9-6-14(16(25-8-9)17(28)13-2-1-3-15(21)26-13)27-31(29,30)10-4-5-12(20)11(7-10)18(22,23)24/h1-8,27H. The second-order valence-electron chi connectivity index (χ2n) is 5.97. The normalized spacial score (nSPS) is 11.9. The number of sulfonamides is 1. The van der Waals surface area contributed by atoms with E-state index in [2.05, 4.69) is 9.97 Å². The van der Waals surface area contributed by atoms with E-state index < -0.39 is 37.5 Å². The van der Waals surface area contributed by atoms with E-state index in [0.717, 1.165) is 24.4 Å². The fraction of sp³-hybridized carbons (Fsp3) is 0.0556. The van der Waals surface area contributed by atoms with Crippen molar-refractivity contribution >= 4 is 56.3 Å². The van der Waals surface area contributed by atoms with Crippen molar-refractivity contribution in [3.63, 3.8) is 0 Å². The molecular weight excluding hydrogens is 502 g/mol. The van der Waals surface area contributed by atoms with Crippen molar-refractivity contribution in [3.05, 3.63) is 80.8 Å². The Morgan fingerprint density at radius 1 is 1.03 bits per heavy atom. The molecule has 162 valence electrons. The number of alkyl halides is 3. The van der Waals surface area contributed by atoms with Crippen LogP contribution in [0.15, 0.2) is 53.6 Å². The first-order valence-corrected chi connectivity index (χ1v) is 10.7. The molecule has 0 radical (unpaired) electrons. The SMILES string of the molecule is O=C(c1cccc(Cl)n1)c1ncc(Cl)cc1NS(=O)(=O)c1ccc(Cl)c(C(F)(F)F)c1. The van der Waals surface area contributed by atoms with E-state index in [4.69, 9.17) is 34.8 Å². The Bertz CT molecular complexity index is 1280. The molecule has 0 unspecified atom stereocenters. The van der Waals surface area contributed by atoms with Gasteiger partial charge in [-0.1, -0.05) is 40.9 Å². The van der Waals surface area contributed by atoms with E-state index in [1.807, 2.05) is 4.72 Å². The number of rotatable bonds is 5. The minimum atomic E-state index is -4.88. The number of nitrogens with zero attached hydrogens (tertiary/aromatic N) is 2. The quantitative estimate of drug-likeness (QED) is 0.362. The molecule has 0 saturated heterocycles. The van der Waals surface area contributed by atoms with E-state index in [1.165, 1.54) is 18.2 Å². The highest BCUT2D eigenvalue weighted by Gasteiger charge is 2.34. The molecule has 0 aliphatic heterocycles. The largest absolute Gasteiger partial charge is 0.417 e. The van der Waals surface area contributed by atoms with Gasteiger partial charge in [0.05, 0.1) is 26.2 Å². The van der Waals surface area contributed by atoms with Crippen LogP contribution in [0.5, 0.6) is 0 Å². The molecule has 0 bridgehead atoms. The van der Waals surface area contributed by atoms with Crippen LogP contribution in [0.2, 0.25) is 15.2 Å². The second-order valence-corrected chi connectivity index (χ2v) is 8.88. The lowest BCUT2D eigenvalue weighted by molar-refractivity contribution is -0.137. The minimum absolute atomic E-state index is 0.0165. The van der Waals surface area contributed by atoms with Crippen LogP contribution >= 0.6 is 34.8 Å². The maximum Gasteiger partial charge on any atom is 0.417 e. The number of nitrogens with one attached hydrogen (secondary N) is 1. The molecule has 2 heterocycles. The van der Waals surface area contributed by atoms with Crippen LogP contribution in [-0.2, 0) is 16.2 Å². The summed E-state index contributed by atoms with van der Waals surface area (Å²) in [6.07, 6.45) is -3.78.